The van der Waals surface area contributed by atoms with E-state index in [9.17, 15) is 13.2 Å². The number of nitrogens with zero attached hydrogens (tertiary/aromatic N) is 1. The van der Waals surface area contributed by atoms with Gasteiger partial charge in [-0.25, -0.2) is 0 Å². The Balaban J connectivity index is 2.15. The van der Waals surface area contributed by atoms with Crippen LogP contribution < -0.4 is 10.5 Å². The SMILES string of the molecule is NCc1cc(Oc2ccc(C(F)(F)F)cc2)ccn1. The van der Waals surface area contributed by atoms with Crippen molar-refractivity contribution in [3.05, 3.63) is 53.9 Å². The van der Waals surface area contributed by atoms with Crippen molar-refractivity contribution in [2.45, 2.75) is 12.7 Å². The highest BCUT2D eigenvalue weighted by molar-refractivity contribution is 5.34. The second-order valence-corrected chi connectivity index (χ2v) is 3.81. The fourth-order valence-electron chi connectivity index (χ4n) is 1.48. The summed E-state index contributed by atoms with van der Waals surface area (Å²) in [5, 5.41) is 0. The molecule has 0 radical (unpaired) electrons. The Labute approximate surface area is 107 Å². The van der Waals surface area contributed by atoms with E-state index < -0.39 is 11.7 Å². The van der Waals surface area contributed by atoms with Gasteiger partial charge in [-0.3, -0.25) is 4.98 Å². The highest BCUT2D eigenvalue weighted by Gasteiger charge is 2.30. The van der Waals surface area contributed by atoms with Crippen molar-refractivity contribution in [1.82, 2.24) is 4.98 Å². The lowest BCUT2D eigenvalue weighted by Gasteiger charge is -2.09. The van der Waals surface area contributed by atoms with Crippen LogP contribution in [0.25, 0.3) is 0 Å². The second-order valence-electron chi connectivity index (χ2n) is 3.81. The first-order chi connectivity index (χ1) is 8.99. The van der Waals surface area contributed by atoms with Crippen LogP contribution in [0.1, 0.15) is 11.3 Å². The van der Waals surface area contributed by atoms with E-state index in [1.54, 1.807) is 12.1 Å². The molecule has 100 valence electrons. The van der Waals surface area contributed by atoms with Gasteiger partial charge in [-0.1, -0.05) is 0 Å². The summed E-state index contributed by atoms with van der Waals surface area (Å²) >= 11 is 0. The predicted octanol–water partition coefficient (Wildman–Crippen LogP) is 3.35. The van der Waals surface area contributed by atoms with Gasteiger partial charge in [0.25, 0.3) is 0 Å². The van der Waals surface area contributed by atoms with E-state index in [-0.39, 0.29) is 6.54 Å². The summed E-state index contributed by atoms with van der Waals surface area (Å²) in [6.07, 6.45) is -2.82. The van der Waals surface area contributed by atoms with Crippen LogP contribution in [0, 0.1) is 0 Å². The Morgan fingerprint density at radius 2 is 1.74 bits per heavy atom. The number of benzene rings is 1. The van der Waals surface area contributed by atoms with Crippen molar-refractivity contribution in [3.63, 3.8) is 0 Å². The first kappa shape index (κ1) is 13.4. The standard InChI is InChI=1S/C13H11F3N2O/c14-13(15,16)9-1-3-11(4-2-9)19-12-5-6-18-10(7-12)8-17/h1-7H,8,17H2. The minimum atomic E-state index is -4.35. The number of halogens is 3. The fraction of sp³-hybridized carbons (Fsp3) is 0.154. The van der Waals surface area contributed by atoms with Crippen molar-refractivity contribution in [2.75, 3.05) is 0 Å². The van der Waals surface area contributed by atoms with Gasteiger partial charge in [0, 0.05) is 18.8 Å². The molecular weight excluding hydrogens is 257 g/mol. The molecule has 1 heterocycles. The van der Waals surface area contributed by atoms with Crippen molar-refractivity contribution in [2.24, 2.45) is 5.73 Å². The van der Waals surface area contributed by atoms with Gasteiger partial charge in [0.15, 0.2) is 0 Å². The number of nitrogens with two attached hydrogens (primary N) is 1. The van der Waals surface area contributed by atoms with E-state index in [0.717, 1.165) is 12.1 Å². The molecule has 0 unspecified atom stereocenters. The summed E-state index contributed by atoms with van der Waals surface area (Å²) in [7, 11) is 0. The maximum atomic E-state index is 12.4. The minimum absolute atomic E-state index is 0.268. The maximum Gasteiger partial charge on any atom is 0.416 e. The maximum absolute atomic E-state index is 12.4. The number of hydrogen-bond donors (Lipinski definition) is 1. The van der Waals surface area contributed by atoms with Gasteiger partial charge in [0.05, 0.1) is 11.3 Å². The van der Waals surface area contributed by atoms with Crippen LogP contribution in [0.15, 0.2) is 42.6 Å². The second kappa shape index (κ2) is 5.27. The number of hydrogen-bond acceptors (Lipinski definition) is 3. The van der Waals surface area contributed by atoms with Gasteiger partial charge in [-0.15, -0.1) is 0 Å². The average Bonchev–Trinajstić information content (AvgIpc) is 2.38. The van der Waals surface area contributed by atoms with Gasteiger partial charge < -0.3 is 10.5 Å². The number of alkyl halides is 3. The van der Waals surface area contributed by atoms with E-state index in [4.69, 9.17) is 10.5 Å². The van der Waals surface area contributed by atoms with E-state index in [2.05, 4.69) is 4.98 Å². The molecule has 0 amide bonds. The average molecular weight is 268 g/mol. The van der Waals surface area contributed by atoms with Crippen molar-refractivity contribution in [1.29, 1.82) is 0 Å². The molecule has 0 atom stereocenters. The molecule has 2 rings (SSSR count). The lowest BCUT2D eigenvalue weighted by Crippen LogP contribution is -2.04. The zero-order valence-electron chi connectivity index (χ0n) is 9.82. The Morgan fingerprint density at radius 3 is 2.32 bits per heavy atom. The third kappa shape index (κ3) is 3.45. The topological polar surface area (TPSA) is 48.1 Å². The highest BCUT2D eigenvalue weighted by Crippen LogP contribution is 2.31. The van der Waals surface area contributed by atoms with Crippen LogP contribution in [-0.2, 0) is 12.7 Å². The third-order valence-corrected chi connectivity index (χ3v) is 2.41. The van der Waals surface area contributed by atoms with E-state index in [1.807, 2.05) is 0 Å². The summed E-state index contributed by atoms with van der Waals surface area (Å²) in [6.45, 7) is 0.268. The molecule has 6 heteroatoms. The first-order valence-electron chi connectivity index (χ1n) is 5.49. The zero-order valence-corrected chi connectivity index (χ0v) is 9.82. The van der Waals surface area contributed by atoms with Gasteiger partial charge >= 0.3 is 6.18 Å². The number of rotatable bonds is 3. The van der Waals surface area contributed by atoms with Crippen molar-refractivity contribution >= 4 is 0 Å². The molecule has 0 saturated carbocycles. The molecule has 2 N–H and O–H groups in total. The molecule has 0 spiro atoms. The van der Waals surface area contributed by atoms with Crippen LogP contribution in [0.5, 0.6) is 11.5 Å². The molecular formula is C13H11F3N2O. The van der Waals surface area contributed by atoms with Crippen molar-refractivity contribution in [3.8, 4) is 11.5 Å². The minimum Gasteiger partial charge on any atom is -0.457 e. The molecule has 3 nitrogen and oxygen atoms in total. The monoisotopic (exact) mass is 268 g/mol. The van der Waals surface area contributed by atoms with Gasteiger partial charge in [0.1, 0.15) is 11.5 Å². The highest BCUT2D eigenvalue weighted by atomic mass is 19.4. The quantitative estimate of drug-likeness (QED) is 0.928. The number of aromatic nitrogens is 1. The van der Waals surface area contributed by atoms with Crippen LogP contribution in [0.4, 0.5) is 13.2 Å². The summed E-state index contributed by atoms with van der Waals surface area (Å²) in [5.74, 6) is 0.803. The summed E-state index contributed by atoms with van der Waals surface area (Å²) in [4.78, 5) is 3.99. The van der Waals surface area contributed by atoms with Crippen LogP contribution in [0.3, 0.4) is 0 Å². The normalized spacial score (nSPS) is 11.4. The molecule has 1 aromatic heterocycles. The van der Waals surface area contributed by atoms with E-state index in [0.29, 0.717) is 17.2 Å². The van der Waals surface area contributed by atoms with Crippen LogP contribution in [0.2, 0.25) is 0 Å². The van der Waals surface area contributed by atoms with E-state index in [1.165, 1.54) is 18.3 Å². The van der Waals surface area contributed by atoms with E-state index >= 15 is 0 Å². The largest absolute Gasteiger partial charge is 0.457 e. The van der Waals surface area contributed by atoms with Gasteiger partial charge in [-0.2, -0.15) is 13.2 Å². The molecule has 0 saturated heterocycles. The Bertz CT molecular complexity index is 553. The smallest absolute Gasteiger partial charge is 0.416 e. The number of ether oxygens (including phenoxy) is 1. The molecule has 0 aliphatic carbocycles. The van der Waals surface area contributed by atoms with Gasteiger partial charge in [0.2, 0.25) is 0 Å². The lowest BCUT2D eigenvalue weighted by atomic mass is 10.2. The van der Waals surface area contributed by atoms with Crippen LogP contribution >= 0.6 is 0 Å². The molecule has 2 aromatic rings. The van der Waals surface area contributed by atoms with Gasteiger partial charge in [-0.05, 0) is 30.3 Å². The molecule has 19 heavy (non-hydrogen) atoms. The fourth-order valence-corrected chi connectivity index (χ4v) is 1.48. The van der Waals surface area contributed by atoms with Crippen LogP contribution in [-0.4, -0.2) is 4.98 Å². The Kier molecular flexibility index (Phi) is 3.71. The summed E-state index contributed by atoms with van der Waals surface area (Å²) in [5.41, 5.74) is 5.37. The molecule has 0 aliphatic rings. The lowest BCUT2D eigenvalue weighted by molar-refractivity contribution is -0.137. The predicted molar refractivity (Wildman–Crippen MR) is 63.6 cm³/mol. The zero-order chi connectivity index (χ0) is 13.9. The molecule has 0 aliphatic heterocycles. The summed E-state index contributed by atoms with van der Waals surface area (Å²) in [6, 6.07) is 7.73. The first-order valence-corrected chi connectivity index (χ1v) is 5.49. The Morgan fingerprint density at radius 1 is 1.05 bits per heavy atom. The Hall–Kier alpha value is -2.08. The third-order valence-electron chi connectivity index (χ3n) is 2.41. The molecule has 0 bridgehead atoms. The van der Waals surface area contributed by atoms with Crippen molar-refractivity contribution < 1.29 is 17.9 Å². The molecule has 0 fully saturated rings. The number of pyridine rings is 1. The molecule has 1 aromatic carbocycles. The summed E-state index contributed by atoms with van der Waals surface area (Å²) < 4.78 is 42.6.